The molecule has 0 spiro atoms. The summed E-state index contributed by atoms with van der Waals surface area (Å²) in [4.78, 5) is 28.2. The number of methoxy groups -OCH3 is 1. The molecule has 2 aliphatic rings. The van der Waals surface area contributed by atoms with E-state index in [-0.39, 0.29) is 16.7 Å². The summed E-state index contributed by atoms with van der Waals surface area (Å²) < 4.78 is 32.9. The summed E-state index contributed by atoms with van der Waals surface area (Å²) in [5, 5.41) is 2.87. The quantitative estimate of drug-likeness (QED) is 0.676. The zero-order valence-corrected chi connectivity index (χ0v) is 20.4. The average molecular weight is 486 g/mol. The Hall–Kier alpha value is -2.91. The molecule has 2 fully saturated rings. The van der Waals surface area contributed by atoms with Gasteiger partial charge < -0.3 is 15.0 Å². The molecule has 0 aromatic heterocycles. The molecule has 0 radical (unpaired) electrons. The Kier molecular flexibility index (Phi) is 7.23. The maximum atomic E-state index is 13.5. The molecule has 2 aromatic carbocycles. The number of rotatable bonds is 6. The number of anilines is 1. The van der Waals surface area contributed by atoms with Crippen LogP contribution in [0.2, 0.25) is 0 Å². The Bertz CT molecular complexity index is 1160. The molecule has 1 unspecified atom stereocenters. The van der Waals surface area contributed by atoms with Crippen LogP contribution in [0.15, 0.2) is 47.4 Å². The van der Waals surface area contributed by atoms with E-state index in [1.54, 1.807) is 55.3 Å². The number of nitrogens with zero attached hydrogens (tertiary/aromatic N) is 2. The number of aryl methyl sites for hydroxylation is 1. The van der Waals surface area contributed by atoms with Crippen LogP contribution >= 0.6 is 0 Å². The summed E-state index contributed by atoms with van der Waals surface area (Å²) in [6.45, 7) is 3.23. The molecule has 2 heterocycles. The summed E-state index contributed by atoms with van der Waals surface area (Å²) >= 11 is 0. The van der Waals surface area contributed by atoms with E-state index in [1.165, 1.54) is 10.4 Å². The van der Waals surface area contributed by atoms with Crippen LogP contribution in [0.4, 0.5) is 5.69 Å². The summed E-state index contributed by atoms with van der Waals surface area (Å²) in [6.07, 6.45) is 3.97. The first-order chi connectivity index (χ1) is 16.3. The highest BCUT2D eigenvalue weighted by Gasteiger charge is 2.36. The van der Waals surface area contributed by atoms with Gasteiger partial charge in [-0.1, -0.05) is 12.5 Å². The van der Waals surface area contributed by atoms with Gasteiger partial charge >= 0.3 is 0 Å². The van der Waals surface area contributed by atoms with Crippen molar-refractivity contribution in [3.8, 4) is 5.75 Å². The smallest absolute Gasteiger partial charge is 0.254 e. The zero-order valence-electron chi connectivity index (χ0n) is 19.6. The van der Waals surface area contributed by atoms with Crippen molar-refractivity contribution in [2.45, 2.75) is 50.0 Å². The van der Waals surface area contributed by atoms with Gasteiger partial charge in [0, 0.05) is 30.9 Å². The molecule has 182 valence electrons. The topological polar surface area (TPSA) is 96.0 Å². The van der Waals surface area contributed by atoms with Crippen molar-refractivity contribution < 1.29 is 22.7 Å². The van der Waals surface area contributed by atoms with Gasteiger partial charge in [-0.2, -0.15) is 4.31 Å². The molecule has 2 amide bonds. The van der Waals surface area contributed by atoms with E-state index in [1.807, 2.05) is 0 Å². The van der Waals surface area contributed by atoms with Crippen molar-refractivity contribution in [1.82, 2.24) is 9.21 Å². The van der Waals surface area contributed by atoms with Gasteiger partial charge in [0.25, 0.3) is 5.91 Å². The molecular weight excluding hydrogens is 454 g/mol. The molecule has 2 aromatic rings. The Morgan fingerprint density at radius 1 is 0.971 bits per heavy atom. The van der Waals surface area contributed by atoms with Gasteiger partial charge in [0.2, 0.25) is 15.9 Å². The van der Waals surface area contributed by atoms with Crippen molar-refractivity contribution in [2.75, 3.05) is 32.1 Å². The van der Waals surface area contributed by atoms with Crippen LogP contribution in [0, 0.1) is 6.92 Å². The molecule has 4 rings (SSSR count). The van der Waals surface area contributed by atoms with Crippen LogP contribution < -0.4 is 10.1 Å². The highest BCUT2D eigenvalue weighted by atomic mass is 32.2. The monoisotopic (exact) mass is 485 g/mol. The van der Waals surface area contributed by atoms with Gasteiger partial charge in [0.05, 0.1) is 12.0 Å². The largest absolute Gasteiger partial charge is 0.497 e. The van der Waals surface area contributed by atoms with Crippen LogP contribution in [0.3, 0.4) is 0 Å². The Balaban J connectivity index is 1.54. The first-order valence-corrected chi connectivity index (χ1v) is 13.1. The third kappa shape index (κ3) is 4.95. The fourth-order valence-electron chi connectivity index (χ4n) is 4.58. The summed E-state index contributed by atoms with van der Waals surface area (Å²) in [5.41, 5.74) is 1.63. The van der Waals surface area contributed by atoms with Gasteiger partial charge in [-0.15, -0.1) is 0 Å². The second-order valence-electron chi connectivity index (χ2n) is 8.82. The molecule has 0 saturated carbocycles. The molecule has 1 N–H and O–H groups in total. The molecular formula is C25H31N3O5S. The van der Waals surface area contributed by atoms with Crippen molar-refractivity contribution >= 4 is 27.5 Å². The maximum absolute atomic E-state index is 13.5. The number of piperidine rings is 1. The number of sulfonamides is 1. The van der Waals surface area contributed by atoms with Gasteiger partial charge in [-0.05, 0) is 74.6 Å². The first kappa shape index (κ1) is 24.2. The number of hydrogen-bond acceptors (Lipinski definition) is 5. The fourth-order valence-corrected chi connectivity index (χ4v) is 6.13. The van der Waals surface area contributed by atoms with Crippen LogP contribution in [0.25, 0.3) is 0 Å². The van der Waals surface area contributed by atoms with Crippen molar-refractivity contribution in [1.29, 1.82) is 0 Å². The number of ether oxygens (including phenoxy) is 1. The molecule has 1 atom stereocenters. The number of likely N-dealkylation sites (tertiary alicyclic amines) is 1. The third-order valence-corrected chi connectivity index (χ3v) is 8.46. The minimum atomic E-state index is -3.66. The second kappa shape index (κ2) is 10.1. The molecule has 34 heavy (non-hydrogen) atoms. The number of benzene rings is 2. The van der Waals surface area contributed by atoms with E-state index in [9.17, 15) is 18.0 Å². The van der Waals surface area contributed by atoms with Crippen molar-refractivity contribution in [3.63, 3.8) is 0 Å². The number of nitrogens with one attached hydrogen (secondary N) is 1. The number of carbonyl (C=O) groups is 2. The average Bonchev–Trinajstić information content (AvgIpc) is 3.35. The molecule has 0 bridgehead atoms. The van der Waals surface area contributed by atoms with Crippen molar-refractivity contribution in [3.05, 3.63) is 53.6 Å². The van der Waals surface area contributed by atoms with Crippen LogP contribution in [-0.4, -0.2) is 62.2 Å². The van der Waals surface area contributed by atoms with Gasteiger partial charge in [0.1, 0.15) is 11.8 Å². The minimum Gasteiger partial charge on any atom is -0.497 e. The summed E-state index contributed by atoms with van der Waals surface area (Å²) in [7, 11) is -2.09. The van der Waals surface area contributed by atoms with E-state index < -0.39 is 16.1 Å². The fraction of sp³-hybridized carbons (Fsp3) is 0.440. The number of carbonyl (C=O) groups excluding carboxylic acids is 2. The first-order valence-electron chi connectivity index (χ1n) is 11.7. The lowest BCUT2D eigenvalue weighted by molar-refractivity contribution is -0.119. The SMILES string of the molecule is COc1ccc(NC(=O)C2CCCN2C(=O)c2cc(S(=O)(=O)N3CCCCC3)ccc2C)cc1. The van der Waals surface area contributed by atoms with E-state index in [0.717, 1.165) is 19.3 Å². The predicted molar refractivity (Wildman–Crippen MR) is 129 cm³/mol. The Morgan fingerprint density at radius 2 is 1.68 bits per heavy atom. The zero-order chi connectivity index (χ0) is 24.3. The highest BCUT2D eigenvalue weighted by molar-refractivity contribution is 7.89. The number of amides is 2. The van der Waals surface area contributed by atoms with Crippen LogP contribution in [0.1, 0.15) is 48.0 Å². The lowest BCUT2D eigenvalue weighted by Crippen LogP contribution is -2.43. The summed E-state index contributed by atoms with van der Waals surface area (Å²) in [5.74, 6) is 0.108. The lowest BCUT2D eigenvalue weighted by atomic mass is 10.1. The maximum Gasteiger partial charge on any atom is 0.254 e. The van der Waals surface area contributed by atoms with E-state index >= 15 is 0 Å². The third-order valence-electron chi connectivity index (χ3n) is 6.57. The minimum absolute atomic E-state index is 0.127. The van der Waals surface area contributed by atoms with Gasteiger partial charge in [-0.25, -0.2) is 8.42 Å². The van der Waals surface area contributed by atoms with E-state index in [4.69, 9.17) is 4.74 Å². The molecule has 2 aliphatic heterocycles. The normalized spacial score (nSPS) is 19.1. The van der Waals surface area contributed by atoms with Gasteiger partial charge in [0.15, 0.2) is 0 Å². The second-order valence-corrected chi connectivity index (χ2v) is 10.8. The molecule has 2 saturated heterocycles. The molecule has 8 nitrogen and oxygen atoms in total. The summed E-state index contributed by atoms with van der Waals surface area (Å²) in [6, 6.07) is 11.1. The number of hydrogen-bond donors (Lipinski definition) is 1. The lowest BCUT2D eigenvalue weighted by Gasteiger charge is -2.27. The van der Waals surface area contributed by atoms with E-state index in [2.05, 4.69) is 5.32 Å². The predicted octanol–water partition coefficient (Wildman–Crippen LogP) is 3.42. The van der Waals surface area contributed by atoms with E-state index in [0.29, 0.717) is 55.0 Å². The Labute approximate surface area is 200 Å². The highest BCUT2D eigenvalue weighted by Crippen LogP contribution is 2.27. The standard InChI is InChI=1S/C25H31N3O5S/c1-18-8-13-21(34(31,32)27-14-4-3-5-15-27)17-22(18)25(30)28-16-6-7-23(28)24(29)26-19-9-11-20(33-2)12-10-19/h8-13,17,23H,3-7,14-16H2,1-2H3,(H,26,29). The Morgan fingerprint density at radius 3 is 2.35 bits per heavy atom. The van der Waals surface area contributed by atoms with Crippen LogP contribution in [-0.2, 0) is 14.8 Å². The van der Waals surface area contributed by atoms with Gasteiger partial charge in [-0.3, -0.25) is 9.59 Å². The molecule has 9 heteroatoms. The van der Waals surface area contributed by atoms with Crippen LogP contribution in [0.5, 0.6) is 5.75 Å². The van der Waals surface area contributed by atoms with Crippen molar-refractivity contribution in [2.24, 2.45) is 0 Å². The molecule has 0 aliphatic carbocycles.